The van der Waals surface area contributed by atoms with Crippen molar-refractivity contribution >= 4 is 5.69 Å². The Morgan fingerprint density at radius 2 is 2.00 bits per heavy atom. The minimum Gasteiger partial charge on any atom is -0.493 e. The third kappa shape index (κ3) is 1.30. The summed E-state index contributed by atoms with van der Waals surface area (Å²) in [7, 11) is 3.02. The third-order valence-electron chi connectivity index (χ3n) is 1.49. The molecule has 0 unspecified atom stereocenters. The van der Waals surface area contributed by atoms with E-state index in [4.69, 9.17) is 14.9 Å². The maximum Gasteiger partial charge on any atom is 0.430 e. The Hall–Kier alpha value is -1.76. The fraction of sp³-hybridized carbons (Fsp3) is 0.250. The van der Waals surface area contributed by atoms with Gasteiger partial charge in [0.2, 0.25) is 5.39 Å². The molecule has 0 saturated carbocycles. The van der Waals surface area contributed by atoms with Gasteiger partial charge in [-0.1, -0.05) is 6.07 Å². The van der Waals surface area contributed by atoms with Crippen molar-refractivity contribution in [2.45, 2.75) is 0 Å². The van der Waals surface area contributed by atoms with E-state index in [1.165, 1.54) is 14.2 Å². The fourth-order valence-electron chi connectivity index (χ4n) is 0.949. The first-order valence-corrected chi connectivity index (χ1v) is 3.39. The van der Waals surface area contributed by atoms with Crippen LogP contribution in [-0.4, -0.2) is 14.2 Å². The summed E-state index contributed by atoms with van der Waals surface area (Å²) in [5, 5.41) is 8.56. The van der Waals surface area contributed by atoms with Crippen molar-refractivity contribution in [1.82, 2.24) is 0 Å². The molecule has 0 aliphatic rings. The molecule has 1 rings (SSSR count). The predicted octanol–water partition coefficient (Wildman–Crippen LogP) is 2.19. The second kappa shape index (κ2) is 3.58. The summed E-state index contributed by atoms with van der Waals surface area (Å²) < 4.78 is 9.96. The number of rotatable bonds is 2. The highest BCUT2D eigenvalue weighted by Crippen LogP contribution is 2.36. The van der Waals surface area contributed by atoms with Gasteiger partial charge in [0.1, 0.15) is 0 Å². The number of para-hydroxylation sites is 1. The molecule has 1 aromatic rings. The average Bonchev–Trinajstić information content (AvgIpc) is 2.16. The van der Waals surface area contributed by atoms with Crippen molar-refractivity contribution in [2.24, 2.45) is 0 Å². The van der Waals surface area contributed by atoms with Gasteiger partial charge in [-0.15, -0.1) is 0 Å². The standard InChI is InChI=1S/C8H9N2O2/c1-11-7-5-3-4-6(10-9)8(7)12-2/h3-5H,1-2H3/q+1. The van der Waals surface area contributed by atoms with Crippen molar-refractivity contribution in [1.29, 1.82) is 5.39 Å². The number of ether oxygens (including phenoxy) is 2. The summed E-state index contributed by atoms with van der Waals surface area (Å²) in [4.78, 5) is 3.04. The summed E-state index contributed by atoms with van der Waals surface area (Å²) >= 11 is 0. The van der Waals surface area contributed by atoms with Gasteiger partial charge in [0.05, 0.1) is 14.2 Å². The summed E-state index contributed by atoms with van der Waals surface area (Å²) in [6.45, 7) is 0. The molecule has 62 valence electrons. The molecule has 0 aliphatic carbocycles. The van der Waals surface area contributed by atoms with Gasteiger partial charge in [-0.2, -0.15) is 0 Å². The second-order valence-electron chi connectivity index (χ2n) is 2.11. The summed E-state index contributed by atoms with van der Waals surface area (Å²) in [5.41, 5.74) is 0.358. The zero-order valence-electron chi connectivity index (χ0n) is 6.94. The molecule has 0 bridgehead atoms. The quantitative estimate of drug-likeness (QED) is 0.631. The first-order chi connectivity index (χ1) is 5.83. The molecule has 4 heteroatoms. The van der Waals surface area contributed by atoms with Gasteiger partial charge in [0, 0.05) is 6.07 Å². The van der Waals surface area contributed by atoms with E-state index in [0.29, 0.717) is 17.2 Å². The Labute approximate surface area is 70.3 Å². The summed E-state index contributed by atoms with van der Waals surface area (Å²) in [6.07, 6.45) is 0. The number of diazo groups is 1. The van der Waals surface area contributed by atoms with Crippen LogP contribution < -0.4 is 9.47 Å². The Bertz CT molecular complexity index is 317. The summed E-state index contributed by atoms with van der Waals surface area (Å²) in [5.74, 6) is 0.982. The normalized spacial score (nSPS) is 8.75. The molecular weight excluding hydrogens is 156 g/mol. The molecular formula is C8H9N2O2+. The van der Waals surface area contributed by atoms with Crippen molar-refractivity contribution in [3.63, 3.8) is 0 Å². The SMILES string of the molecule is COc1cccc([N+]#N)c1OC. The highest BCUT2D eigenvalue weighted by Gasteiger charge is 2.18. The van der Waals surface area contributed by atoms with Gasteiger partial charge in [0.15, 0.2) is 10.7 Å². The van der Waals surface area contributed by atoms with E-state index < -0.39 is 0 Å². The molecule has 0 aliphatic heterocycles. The molecule has 0 aromatic heterocycles. The average molecular weight is 165 g/mol. The number of benzene rings is 1. The minimum atomic E-state index is 0.358. The van der Waals surface area contributed by atoms with Gasteiger partial charge in [-0.05, 0) is 6.07 Å². The Kier molecular flexibility index (Phi) is 2.49. The predicted molar refractivity (Wildman–Crippen MR) is 44.3 cm³/mol. The first kappa shape index (κ1) is 8.34. The highest BCUT2D eigenvalue weighted by atomic mass is 16.5. The van der Waals surface area contributed by atoms with Gasteiger partial charge in [-0.25, -0.2) is 0 Å². The summed E-state index contributed by atoms with van der Waals surface area (Å²) in [6, 6.07) is 5.07. The molecule has 0 saturated heterocycles. The molecule has 0 N–H and O–H groups in total. The van der Waals surface area contributed by atoms with Crippen LogP contribution in [0.5, 0.6) is 11.5 Å². The van der Waals surface area contributed by atoms with Crippen LogP contribution in [0.1, 0.15) is 0 Å². The maximum absolute atomic E-state index is 8.56. The monoisotopic (exact) mass is 165 g/mol. The smallest absolute Gasteiger partial charge is 0.430 e. The van der Waals surface area contributed by atoms with Crippen molar-refractivity contribution in [3.05, 3.63) is 23.2 Å². The molecule has 1 aromatic carbocycles. The Balaban J connectivity index is 3.24. The van der Waals surface area contributed by atoms with Crippen LogP contribution >= 0.6 is 0 Å². The van der Waals surface area contributed by atoms with Crippen LogP contribution in [0.4, 0.5) is 5.69 Å². The Morgan fingerprint density at radius 1 is 1.25 bits per heavy atom. The number of methoxy groups -OCH3 is 2. The molecule has 0 spiro atoms. The zero-order chi connectivity index (χ0) is 8.97. The highest BCUT2D eigenvalue weighted by molar-refractivity contribution is 5.63. The van der Waals surface area contributed by atoms with Crippen LogP contribution in [-0.2, 0) is 0 Å². The van der Waals surface area contributed by atoms with Gasteiger partial charge < -0.3 is 9.47 Å². The molecule has 4 nitrogen and oxygen atoms in total. The maximum atomic E-state index is 8.56. The fourth-order valence-corrected chi connectivity index (χ4v) is 0.949. The lowest BCUT2D eigenvalue weighted by molar-refractivity contribution is 0.357. The van der Waals surface area contributed by atoms with E-state index in [2.05, 4.69) is 4.98 Å². The molecule has 0 radical (unpaired) electrons. The van der Waals surface area contributed by atoms with E-state index >= 15 is 0 Å². The van der Waals surface area contributed by atoms with Crippen molar-refractivity contribution < 1.29 is 9.47 Å². The first-order valence-electron chi connectivity index (χ1n) is 3.39. The third-order valence-corrected chi connectivity index (χ3v) is 1.49. The topological polar surface area (TPSA) is 46.6 Å². The lowest BCUT2D eigenvalue weighted by Gasteiger charge is -2.02. The van der Waals surface area contributed by atoms with Gasteiger partial charge in [0.25, 0.3) is 5.75 Å². The van der Waals surface area contributed by atoms with Crippen LogP contribution in [0, 0.1) is 5.39 Å². The number of hydrogen-bond acceptors (Lipinski definition) is 3. The minimum absolute atomic E-state index is 0.358. The molecule has 0 heterocycles. The van der Waals surface area contributed by atoms with E-state index in [1.807, 2.05) is 0 Å². The van der Waals surface area contributed by atoms with Crippen LogP contribution in [0.15, 0.2) is 18.2 Å². The van der Waals surface area contributed by atoms with Crippen LogP contribution in [0.2, 0.25) is 0 Å². The van der Waals surface area contributed by atoms with Crippen molar-refractivity contribution in [3.8, 4) is 11.5 Å². The van der Waals surface area contributed by atoms with E-state index in [0.717, 1.165) is 0 Å². The van der Waals surface area contributed by atoms with E-state index in [-0.39, 0.29) is 0 Å². The van der Waals surface area contributed by atoms with Crippen molar-refractivity contribution in [2.75, 3.05) is 14.2 Å². The van der Waals surface area contributed by atoms with Crippen LogP contribution in [0.25, 0.3) is 4.98 Å². The molecule has 0 atom stereocenters. The number of nitrogens with zero attached hydrogens (tertiary/aromatic N) is 2. The lowest BCUT2D eigenvalue weighted by Crippen LogP contribution is -1.89. The largest absolute Gasteiger partial charge is 0.493 e. The molecule has 0 fully saturated rings. The lowest BCUT2D eigenvalue weighted by atomic mass is 10.3. The van der Waals surface area contributed by atoms with E-state index in [9.17, 15) is 0 Å². The zero-order valence-corrected chi connectivity index (χ0v) is 6.94. The van der Waals surface area contributed by atoms with Crippen LogP contribution in [0.3, 0.4) is 0 Å². The van der Waals surface area contributed by atoms with E-state index in [1.54, 1.807) is 18.2 Å². The molecule has 0 amide bonds. The molecule has 12 heavy (non-hydrogen) atoms. The second-order valence-corrected chi connectivity index (χ2v) is 2.11. The number of hydrogen-bond donors (Lipinski definition) is 0. The Morgan fingerprint density at radius 3 is 2.50 bits per heavy atom. The van der Waals surface area contributed by atoms with Gasteiger partial charge >= 0.3 is 5.69 Å². The van der Waals surface area contributed by atoms with Gasteiger partial charge in [-0.3, -0.25) is 0 Å².